The van der Waals surface area contributed by atoms with Crippen molar-refractivity contribution in [2.75, 3.05) is 25.1 Å². The lowest BCUT2D eigenvalue weighted by atomic mass is 10.0. The van der Waals surface area contributed by atoms with Crippen molar-refractivity contribution in [2.45, 2.75) is 103 Å². The Morgan fingerprint density at radius 3 is 1.85 bits per heavy atom. The van der Waals surface area contributed by atoms with Crippen molar-refractivity contribution in [3.8, 4) is 10.6 Å². The summed E-state index contributed by atoms with van der Waals surface area (Å²) >= 11 is 1.56. The van der Waals surface area contributed by atoms with Crippen LogP contribution in [0.3, 0.4) is 0 Å². The number of halogens is 1. The van der Waals surface area contributed by atoms with Crippen LogP contribution < -0.4 is 16.0 Å². The molecular formula is C48H55FN10O6S. The normalized spacial score (nSPS) is 20.8. The third-order valence-corrected chi connectivity index (χ3v) is 14.3. The number of carbonyl (C=O) groups is 4. The standard InChI is InChI=1S/C48H55FN10O6S/c1-25(2)40(56-48(63)64-5)45(60)57-20-6-8-37(57)42-52-31-16-12-28(22-33(31)54-42)35-18-19-36(59(35)39-24-51-44(66-39)27-10-14-30(49)15-11-27)29-13-17-32-34(23-29)55-43(53-32)38-9-7-21-58(38)46(61)41(26(3)4)65-47(50)62/h10-17,22-26,35-38,40-41H,6-9,18-21H2,1-5H3,(H2,50,62)(H,52,54)(H,53,55)(H,56,63)/t35-,36-,37+,38+,40+,41+/m1/s1. The van der Waals surface area contributed by atoms with E-state index in [1.807, 2.05) is 50.9 Å². The van der Waals surface area contributed by atoms with Crippen LogP contribution in [0.4, 0.5) is 19.0 Å². The first kappa shape index (κ1) is 44.6. The number of rotatable bonds is 12. The summed E-state index contributed by atoms with van der Waals surface area (Å²) in [5.74, 6) is 0.228. The predicted octanol–water partition coefficient (Wildman–Crippen LogP) is 8.61. The highest BCUT2D eigenvalue weighted by Crippen LogP contribution is 2.50. The molecule has 6 heterocycles. The minimum atomic E-state index is -0.985. The quantitative estimate of drug-likeness (QED) is 0.0920. The van der Waals surface area contributed by atoms with Crippen LogP contribution in [0, 0.1) is 17.7 Å². The first-order valence-corrected chi connectivity index (χ1v) is 23.5. The van der Waals surface area contributed by atoms with Crippen LogP contribution >= 0.6 is 11.3 Å². The number of carbonyl (C=O) groups excluding carboxylic acids is 4. The van der Waals surface area contributed by atoms with Gasteiger partial charge in [0.2, 0.25) is 5.91 Å². The SMILES string of the molecule is COC(=O)N[C@H](C(=O)N1CCC[C@H]1c1nc2ccc([C@H]3CC[C@H](c4ccc5nc([C@@H]6CCCN6C(=O)[C@@H](OC(N)=O)C(C)C)[nH]c5c4)N3c3cnc(-c4ccc(F)cc4)s3)cc2[nH]1)C(C)C. The summed E-state index contributed by atoms with van der Waals surface area (Å²) in [6.45, 7) is 8.52. The van der Waals surface area contributed by atoms with Gasteiger partial charge in [-0.05, 0) is 110 Å². The third kappa shape index (κ3) is 8.65. The number of amides is 4. The predicted molar refractivity (Wildman–Crippen MR) is 248 cm³/mol. The molecular weight excluding hydrogens is 864 g/mol. The van der Waals surface area contributed by atoms with Gasteiger partial charge in [0, 0.05) is 18.7 Å². The number of ether oxygens (including phenoxy) is 2. The van der Waals surface area contributed by atoms with E-state index in [0.29, 0.717) is 31.2 Å². The molecule has 0 saturated carbocycles. The lowest BCUT2D eigenvalue weighted by Crippen LogP contribution is -2.51. The van der Waals surface area contributed by atoms with Gasteiger partial charge in [-0.15, -0.1) is 0 Å². The number of nitrogens with two attached hydrogens (primary N) is 1. The Morgan fingerprint density at radius 1 is 0.773 bits per heavy atom. The van der Waals surface area contributed by atoms with Gasteiger partial charge in [-0.1, -0.05) is 51.2 Å². The van der Waals surface area contributed by atoms with E-state index in [9.17, 15) is 23.6 Å². The topological polar surface area (TPSA) is 205 Å². The number of hydrogen-bond acceptors (Lipinski definition) is 11. The number of fused-ring (bicyclic) bond motifs is 2. The second-order valence-corrected chi connectivity index (χ2v) is 19.2. The number of nitrogens with one attached hydrogen (secondary N) is 3. The number of imidazole rings is 2. The molecule has 6 aromatic rings. The number of aromatic amines is 2. The molecule has 0 bridgehead atoms. The van der Waals surface area contributed by atoms with Gasteiger partial charge in [0.1, 0.15) is 33.5 Å². The van der Waals surface area contributed by atoms with Crippen molar-refractivity contribution in [3.63, 3.8) is 0 Å². The average Bonchev–Trinajstić information content (AvgIpc) is 4.16. The summed E-state index contributed by atoms with van der Waals surface area (Å²) in [6.07, 6.45) is 4.02. The van der Waals surface area contributed by atoms with E-state index in [0.717, 1.165) is 80.9 Å². The molecule has 16 nitrogen and oxygen atoms in total. The Labute approximate surface area is 385 Å². The second kappa shape index (κ2) is 18.4. The van der Waals surface area contributed by atoms with Gasteiger partial charge >= 0.3 is 12.2 Å². The van der Waals surface area contributed by atoms with Crippen molar-refractivity contribution in [1.29, 1.82) is 0 Å². The Kier molecular flexibility index (Phi) is 12.4. The summed E-state index contributed by atoms with van der Waals surface area (Å²) in [5.41, 5.74) is 11.6. The van der Waals surface area contributed by atoms with Gasteiger partial charge in [0.25, 0.3) is 5.91 Å². The van der Waals surface area contributed by atoms with Gasteiger partial charge in [0.15, 0.2) is 6.10 Å². The zero-order valence-corrected chi connectivity index (χ0v) is 38.4. The molecule has 0 spiro atoms. The van der Waals surface area contributed by atoms with Crippen molar-refractivity contribution >= 4 is 62.4 Å². The number of hydrogen-bond donors (Lipinski definition) is 4. The first-order valence-electron chi connectivity index (χ1n) is 22.7. The first-order chi connectivity index (χ1) is 31.8. The number of H-pyrrole nitrogens is 2. The highest BCUT2D eigenvalue weighted by atomic mass is 32.1. The lowest BCUT2D eigenvalue weighted by molar-refractivity contribution is -0.143. The zero-order valence-electron chi connectivity index (χ0n) is 37.6. The van der Waals surface area contributed by atoms with Crippen molar-refractivity contribution in [2.24, 2.45) is 17.6 Å². The number of alkyl carbamates (subject to hydrolysis) is 1. The number of benzene rings is 3. The molecule has 0 unspecified atom stereocenters. The maximum absolute atomic E-state index is 13.9. The van der Waals surface area contributed by atoms with E-state index < -0.39 is 24.3 Å². The fourth-order valence-electron chi connectivity index (χ4n) is 9.98. The molecule has 0 aliphatic carbocycles. The summed E-state index contributed by atoms with van der Waals surface area (Å²) in [6, 6.07) is 17.6. The van der Waals surface area contributed by atoms with E-state index in [1.165, 1.54) is 19.2 Å². The summed E-state index contributed by atoms with van der Waals surface area (Å²) in [4.78, 5) is 79.4. The fourth-order valence-corrected chi connectivity index (χ4v) is 11.0. The molecule has 5 N–H and O–H groups in total. The summed E-state index contributed by atoms with van der Waals surface area (Å²) in [7, 11) is 1.29. The number of aromatic nitrogens is 5. The molecule has 3 aliphatic rings. The largest absolute Gasteiger partial charge is 0.453 e. The minimum absolute atomic E-state index is 0.0453. The Balaban J connectivity index is 1.02. The van der Waals surface area contributed by atoms with E-state index in [4.69, 9.17) is 30.2 Å². The van der Waals surface area contributed by atoms with E-state index in [-0.39, 0.29) is 53.6 Å². The van der Waals surface area contributed by atoms with Crippen LogP contribution in [0.1, 0.15) is 113 Å². The molecule has 3 saturated heterocycles. The van der Waals surface area contributed by atoms with Crippen LogP contribution in [0.5, 0.6) is 0 Å². The molecule has 0 radical (unpaired) electrons. The van der Waals surface area contributed by atoms with Crippen LogP contribution in [0.25, 0.3) is 32.6 Å². The molecule has 3 fully saturated rings. The van der Waals surface area contributed by atoms with Gasteiger partial charge in [-0.25, -0.2) is 28.9 Å². The maximum Gasteiger partial charge on any atom is 0.407 e. The minimum Gasteiger partial charge on any atom is -0.453 e. The average molecular weight is 919 g/mol. The van der Waals surface area contributed by atoms with Gasteiger partial charge in [0.05, 0.1) is 59.5 Å². The number of anilines is 1. The lowest BCUT2D eigenvalue weighted by Gasteiger charge is -2.31. The Hall–Kier alpha value is -6.56. The van der Waals surface area contributed by atoms with Crippen molar-refractivity contribution in [3.05, 3.63) is 95.5 Å². The van der Waals surface area contributed by atoms with Crippen LogP contribution in [0.2, 0.25) is 0 Å². The molecule has 346 valence electrons. The summed E-state index contributed by atoms with van der Waals surface area (Å²) < 4.78 is 24.0. The number of nitrogens with zero attached hydrogens (tertiary/aromatic N) is 6. The monoisotopic (exact) mass is 918 g/mol. The molecule has 18 heteroatoms. The number of thiazole rings is 1. The highest BCUT2D eigenvalue weighted by Gasteiger charge is 2.41. The zero-order chi connectivity index (χ0) is 46.4. The van der Waals surface area contributed by atoms with Gasteiger partial charge in [-0.3, -0.25) is 9.59 Å². The molecule has 6 atom stereocenters. The van der Waals surface area contributed by atoms with Crippen LogP contribution in [-0.4, -0.2) is 91.1 Å². The molecule has 66 heavy (non-hydrogen) atoms. The fraction of sp³-hybridized carbons (Fsp3) is 0.438. The van der Waals surface area contributed by atoms with E-state index in [2.05, 4.69) is 44.5 Å². The molecule has 3 aromatic heterocycles. The van der Waals surface area contributed by atoms with E-state index >= 15 is 0 Å². The Morgan fingerprint density at radius 2 is 1.33 bits per heavy atom. The molecule has 3 aromatic carbocycles. The van der Waals surface area contributed by atoms with Crippen LogP contribution in [0.15, 0.2) is 66.9 Å². The maximum atomic E-state index is 13.9. The molecule has 3 aliphatic heterocycles. The molecule has 4 amide bonds. The van der Waals surface area contributed by atoms with E-state index in [1.54, 1.807) is 28.4 Å². The number of methoxy groups -OCH3 is 1. The van der Waals surface area contributed by atoms with Crippen molar-refractivity contribution in [1.82, 2.24) is 40.0 Å². The summed E-state index contributed by atoms with van der Waals surface area (Å²) in [5, 5.41) is 4.47. The smallest absolute Gasteiger partial charge is 0.407 e. The van der Waals surface area contributed by atoms with Crippen molar-refractivity contribution < 1.29 is 33.0 Å². The van der Waals surface area contributed by atoms with Crippen LogP contribution in [-0.2, 0) is 19.1 Å². The molecule has 9 rings (SSSR count). The number of likely N-dealkylation sites (tertiary alicyclic amines) is 2. The van der Waals surface area contributed by atoms with Gasteiger partial charge < -0.3 is 45.2 Å². The Bertz CT molecular complexity index is 2770. The highest BCUT2D eigenvalue weighted by molar-refractivity contribution is 7.18. The number of primary amides is 1. The second-order valence-electron chi connectivity index (χ2n) is 18.2. The third-order valence-electron chi connectivity index (χ3n) is 13.2. The van der Waals surface area contributed by atoms with Gasteiger partial charge in [-0.2, -0.15) is 0 Å².